The minimum Gasteiger partial charge on any atom is -0.433 e. The predicted molar refractivity (Wildman–Crippen MR) is 60.0 cm³/mol. The zero-order chi connectivity index (χ0) is 11.9. The number of likely N-dealkylation sites (N-methyl/N-ethyl adjacent to an activating group) is 1. The molecule has 0 aromatic carbocycles. The fraction of sp³-hybridized carbons (Fsp3) is 0.909. The van der Waals surface area contributed by atoms with Gasteiger partial charge >= 0.3 is 6.16 Å². The Bertz CT molecular complexity index is 183. The van der Waals surface area contributed by atoms with Crippen LogP contribution in [0.3, 0.4) is 0 Å². The summed E-state index contributed by atoms with van der Waals surface area (Å²) in [5.41, 5.74) is -0.480. The summed E-state index contributed by atoms with van der Waals surface area (Å²) in [6.07, 6.45) is -0.588. The van der Waals surface area contributed by atoms with Crippen LogP contribution in [-0.2, 0) is 9.47 Å². The van der Waals surface area contributed by atoms with E-state index in [0.717, 1.165) is 19.6 Å². The highest BCUT2D eigenvalue weighted by atomic mass is 16.7. The second-order valence-electron chi connectivity index (χ2n) is 4.34. The van der Waals surface area contributed by atoms with E-state index in [1.807, 2.05) is 20.8 Å². The molecule has 0 spiro atoms. The summed E-state index contributed by atoms with van der Waals surface area (Å²) in [5.74, 6) is 0. The second-order valence-corrected chi connectivity index (χ2v) is 4.34. The normalized spacial score (nSPS) is 11.6. The minimum absolute atomic E-state index is 0.386. The largest absolute Gasteiger partial charge is 0.508 e. The lowest BCUT2D eigenvalue weighted by Gasteiger charge is -2.20. The number of carbonyl (C=O) groups excluding carboxylic acids is 1. The fourth-order valence-electron chi connectivity index (χ4n) is 1.08. The van der Waals surface area contributed by atoms with Gasteiger partial charge in [-0.1, -0.05) is 13.8 Å². The standard InChI is InChI=1S/C11H23NO3/c1-6-12(7-2)8-9-14-10(13)15-11(3,4)5/h6-9H2,1-5H3. The third-order valence-corrected chi connectivity index (χ3v) is 1.91. The molecular formula is C11H23NO3. The lowest BCUT2D eigenvalue weighted by atomic mass is 10.2. The maximum atomic E-state index is 11.2. The molecule has 0 radical (unpaired) electrons. The van der Waals surface area contributed by atoms with E-state index in [-0.39, 0.29) is 0 Å². The zero-order valence-electron chi connectivity index (χ0n) is 10.5. The number of nitrogens with zero attached hydrogens (tertiary/aromatic N) is 1. The zero-order valence-corrected chi connectivity index (χ0v) is 10.5. The Labute approximate surface area is 92.5 Å². The van der Waals surface area contributed by atoms with Crippen molar-refractivity contribution in [2.75, 3.05) is 26.2 Å². The maximum Gasteiger partial charge on any atom is 0.508 e. The molecule has 0 amide bonds. The van der Waals surface area contributed by atoms with Crippen molar-refractivity contribution in [3.05, 3.63) is 0 Å². The molecule has 0 bridgehead atoms. The molecule has 4 nitrogen and oxygen atoms in total. The highest BCUT2D eigenvalue weighted by Gasteiger charge is 2.17. The Morgan fingerprint density at radius 3 is 2.13 bits per heavy atom. The Morgan fingerprint density at radius 1 is 1.20 bits per heavy atom. The summed E-state index contributed by atoms with van der Waals surface area (Å²) in [6.45, 7) is 12.7. The first-order valence-electron chi connectivity index (χ1n) is 5.47. The molecule has 0 saturated carbocycles. The van der Waals surface area contributed by atoms with Crippen molar-refractivity contribution < 1.29 is 14.3 Å². The molecular weight excluding hydrogens is 194 g/mol. The van der Waals surface area contributed by atoms with Gasteiger partial charge in [0.05, 0.1) is 0 Å². The Balaban J connectivity index is 3.64. The van der Waals surface area contributed by atoms with E-state index in [1.54, 1.807) is 0 Å². The van der Waals surface area contributed by atoms with Crippen LogP contribution in [0.5, 0.6) is 0 Å². The van der Waals surface area contributed by atoms with Crippen LogP contribution >= 0.6 is 0 Å². The van der Waals surface area contributed by atoms with Gasteiger partial charge in [-0.3, -0.25) is 0 Å². The molecule has 0 fully saturated rings. The number of rotatable bonds is 5. The van der Waals surface area contributed by atoms with Gasteiger partial charge in [-0.05, 0) is 33.9 Å². The van der Waals surface area contributed by atoms with Crippen molar-refractivity contribution in [1.82, 2.24) is 4.90 Å². The second kappa shape index (κ2) is 6.67. The van der Waals surface area contributed by atoms with E-state index in [4.69, 9.17) is 9.47 Å². The number of hydrogen-bond donors (Lipinski definition) is 0. The Hall–Kier alpha value is -0.770. The van der Waals surface area contributed by atoms with Crippen molar-refractivity contribution in [2.24, 2.45) is 0 Å². The van der Waals surface area contributed by atoms with Gasteiger partial charge in [0.25, 0.3) is 0 Å². The smallest absolute Gasteiger partial charge is 0.433 e. The van der Waals surface area contributed by atoms with Crippen LogP contribution in [0.25, 0.3) is 0 Å². The molecule has 0 rings (SSSR count). The first-order chi connectivity index (χ1) is 6.89. The van der Waals surface area contributed by atoms with Crippen molar-refractivity contribution in [1.29, 1.82) is 0 Å². The van der Waals surface area contributed by atoms with Gasteiger partial charge in [0.15, 0.2) is 0 Å². The Kier molecular flexibility index (Phi) is 6.32. The molecule has 0 aliphatic heterocycles. The maximum absolute atomic E-state index is 11.2. The van der Waals surface area contributed by atoms with Crippen LogP contribution in [0.4, 0.5) is 4.79 Å². The summed E-state index contributed by atoms with van der Waals surface area (Å²) in [4.78, 5) is 13.3. The van der Waals surface area contributed by atoms with Gasteiger partial charge < -0.3 is 14.4 Å². The molecule has 0 aromatic rings. The highest BCUT2D eigenvalue weighted by Crippen LogP contribution is 2.07. The molecule has 4 heteroatoms. The topological polar surface area (TPSA) is 38.8 Å². The van der Waals surface area contributed by atoms with E-state index in [1.165, 1.54) is 0 Å². The van der Waals surface area contributed by atoms with Crippen molar-refractivity contribution in [2.45, 2.75) is 40.2 Å². The van der Waals surface area contributed by atoms with Crippen molar-refractivity contribution >= 4 is 6.16 Å². The van der Waals surface area contributed by atoms with Crippen molar-refractivity contribution in [3.8, 4) is 0 Å². The summed E-state index contributed by atoms with van der Waals surface area (Å²) in [6, 6.07) is 0. The van der Waals surface area contributed by atoms with Crippen LogP contribution < -0.4 is 0 Å². The molecule has 0 atom stereocenters. The van der Waals surface area contributed by atoms with Crippen LogP contribution in [-0.4, -0.2) is 42.9 Å². The van der Waals surface area contributed by atoms with E-state index < -0.39 is 11.8 Å². The van der Waals surface area contributed by atoms with Crippen molar-refractivity contribution in [3.63, 3.8) is 0 Å². The third kappa shape index (κ3) is 8.24. The molecule has 0 heterocycles. The first-order valence-corrected chi connectivity index (χ1v) is 5.47. The van der Waals surface area contributed by atoms with Gasteiger partial charge in [0.1, 0.15) is 12.2 Å². The van der Waals surface area contributed by atoms with Crippen LogP contribution in [0.15, 0.2) is 0 Å². The average molecular weight is 217 g/mol. The monoisotopic (exact) mass is 217 g/mol. The predicted octanol–water partition coefficient (Wildman–Crippen LogP) is 2.28. The molecule has 0 aliphatic carbocycles. The van der Waals surface area contributed by atoms with E-state index in [2.05, 4.69) is 18.7 Å². The summed E-state index contributed by atoms with van der Waals surface area (Å²) in [5, 5.41) is 0. The van der Waals surface area contributed by atoms with Gasteiger partial charge in [0.2, 0.25) is 0 Å². The lowest BCUT2D eigenvalue weighted by molar-refractivity contribution is -0.00993. The third-order valence-electron chi connectivity index (χ3n) is 1.91. The SMILES string of the molecule is CCN(CC)CCOC(=O)OC(C)(C)C. The average Bonchev–Trinajstić information content (AvgIpc) is 2.09. The number of ether oxygens (including phenoxy) is 2. The van der Waals surface area contributed by atoms with E-state index in [9.17, 15) is 4.79 Å². The summed E-state index contributed by atoms with van der Waals surface area (Å²) >= 11 is 0. The van der Waals surface area contributed by atoms with E-state index in [0.29, 0.717) is 6.61 Å². The summed E-state index contributed by atoms with van der Waals surface area (Å²) in [7, 11) is 0. The highest BCUT2D eigenvalue weighted by molar-refractivity contribution is 5.60. The summed E-state index contributed by atoms with van der Waals surface area (Å²) < 4.78 is 9.96. The van der Waals surface area contributed by atoms with Gasteiger partial charge in [-0.25, -0.2) is 4.79 Å². The van der Waals surface area contributed by atoms with Gasteiger partial charge in [0, 0.05) is 6.54 Å². The van der Waals surface area contributed by atoms with Gasteiger partial charge in [-0.15, -0.1) is 0 Å². The van der Waals surface area contributed by atoms with Gasteiger partial charge in [-0.2, -0.15) is 0 Å². The fourth-order valence-corrected chi connectivity index (χ4v) is 1.08. The molecule has 0 N–H and O–H groups in total. The molecule has 0 aromatic heterocycles. The van der Waals surface area contributed by atoms with Crippen LogP contribution in [0.2, 0.25) is 0 Å². The molecule has 15 heavy (non-hydrogen) atoms. The molecule has 0 unspecified atom stereocenters. The molecule has 0 saturated heterocycles. The Morgan fingerprint density at radius 2 is 1.73 bits per heavy atom. The first kappa shape index (κ1) is 14.2. The quantitative estimate of drug-likeness (QED) is 0.662. The number of hydrogen-bond acceptors (Lipinski definition) is 4. The molecule has 0 aliphatic rings. The number of carbonyl (C=O) groups is 1. The van der Waals surface area contributed by atoms with Crippen LogP contribution in [0, 0.1) is 0 Å². The van der Waals surface area contributed by atoms with E-state index >= 15 is 0 Å². The van der Waals surface area contributed by atoms with Crippen LogP contribution in [0.1, 0.15) is 34.6 Å². The molecule has 90 valence electrons. The lowest BCUT2D eigenvalue weighted by Crippen LogP contribution is -2.30. The minimum atomic E-state index is -0.588.